The van der Waals surface area contributed by atoms with Crippen molar-refractivity contribution >= 4 is 28.7 Å². The van der Waals surface area contributed by atoms with Crippen molar-refractivity contribution in [3.05, 3.63) is 86.6 Å². The molecule has 0 aliphatic carbocycles. The largest absolute Gasteiger partial charge is 0.508 e. The third-order valence-electron chi connectivity index (χ3n) is 5.39. The number of thiazole rings is 1. The molecule has 6 nitrogen and oxygen atoms in total. The number of aliphatic hydroxyl groups excluding tert-OH is 1. The number of aryl methyl sites for hydroxylation is 3. The first-order chi connectivity index (χ1) is 14.8. The van der Waals surface area contributed by atoms with Crippen molar-refractivity contribution in [1.29, 1.82) is 0 Å². The second kappa shape index (κ2) is 8.00. The normalized spacial score (nSPS) is 16.3. The summed E-state index contributed by atoms with van der Waals surface area (Å²) >= 11 is 1.24. The predicted molar refractivity (Wildman–Crippen MR) is 120 cm³/mol. The maximum Gasteiger partial charge on any atom is 0.294 e. The number of carbonyl (C=O) groups is 2. The van der Waals surface area contributed by atoms with Gasteiger partial charge in [0.15, 0.2) is 5.76 Å². The second-order valence-electron chi connectivity index (χ2n) is 7.43. The molecule has 3 aromatic rings. The van der Waals surface area contributed by atoms with E-state index in [9.17, 15) is 19.8 Å². The summed E-state index contributed by atoms with van der Waals surface area (Å²) in [6, 6.07) is 12.9. The summed E-state index contributed by atoms with van der Waals surface area (Å²) in [5.74, 6) is -1.54. The molecule has 0 spiro atoms. The Balaban J connectivity index is 1.87. The van der Waals surface area contributed by atoms with Gasteiger partial charge in [-0.3, -0.25) is 14.5 Å². The van der Waals surface area contributed by atoms with E-state index >= 15 is 0 Å². The number of hydrogen-bond acceptors (Lipinski definition) is 6. The van der Waals surface area contributed by atoms with Gasteiger partial charge in [-0.1, -0.05) is 31.2 Å². The zero-order valence-electron chi connectivity index (χ0n) is 17.4. The number of carbonyl (C=O) groups excluding carboxylic acids is 2. The van der Waals surface area contributed by atoms with Crippen molar-refractivity contribution in [2.75, 3.05) is 4.90 Å². The minimum Gasteiger partial charge on any atom is -0.508 e. The van der Waals surface area contributed by atoms with Gasteiger partial charge in [0.05, 0.1) is 27.2 Å². The Hall–Kier alpha value is -3.45. The molecule has 2 N–H and O–H groups in total. The van der Waals surface area contributed by atoms with Crippen LogP contribution < -0.4 is 4.90 Å². The number of hydrogen-bond donors (Lipinski definition) is 2. The highest BCUT2D eigenvalue weighted by atomic mass is 32.1. The molecule has 1 aliphatic heterocycles. The zero-order valence-corrected chi connectivity index (χ0v) is 18.2. The van der Waals surface area contributed by atoms with Crippen molar-refractivity contribution in [2.24, 2.45) is 0 Å². The maximum atomic E-state index is 13.5. The SMILES string of the molecule is CCc1ccc(N2C(=O)C(O)=C(C(=O)c3sc(C)nc3C)C2c2ccc(O)cc2)cc1. The fourth-order valence-corrected chi connectivity index (χ4v) is 4.71. The van der Waals surface area contributed by atoms with Gasteiger partial charge in [0.25, 0.3) is 5.91 Å². The highest BCUT2D eigenvalue weighted by Crippen LogP contribution is 2.43. The fourth-order valence-electron chi connectivity index (χ4n) is 3.83. The third kappa shape index (κ3) is 3.61. The van der Waals surface area contributed by atoms with E-state index in [0.29, 0.717) is 21.8 Å². The number of amides is 1. The molecule has 2 heterocycles. The van der Waals surface area contributed by atoms with Crippen LogP contribution in [0.1, 0.15) is 44.5 Å². The number of benzene rings is 2. The van der Waals surface area contributed by atoms with Crippen LogP contribution in [0.25, 0.3) is 0 Å². The Morgan fingerprint density at radius 2 is 1.71 bits per heavy atom. The lowest BCUT2D eigenvalue weighted by molar-refractivity contribution is -0.117. The standard InChI is InChI=1S/C24H22N2O4S/c1-4-15-5-9-17(10-6-15)26-20(16-7-11-18(27)12-8-16)19(22(29)24(26)30)21(28)23-13(2)25-14(3)31-23/h5-12,20,27,29H,4H2,1-3H3. The molecule has 1 amide bonds. The second-order valence-corrected chi connectivity index (χ2v) is 8.63. The van der Waals surface area contributed by atoms with Crippen LogP contribution in [0.15, 0.2) is 59.9 Å². The van der Waals surface area contributed by atoms with Crippen LogP contribution in [0.3, 0.4) is 0 Å². The van der Waals surface area contributed by atoms with E-state index in [0.717, 1.165) is 17.0 Å². The molecule has 158 valence electrons. The van der Waals surface area contributed by atoms with Gasteiger partial charge in [-0.05, 0) is 55.7 Å². The summed E-state index contributed by atoms with van der Waals surface area (Å²) in [6.07, 6.45) is 0.854. The molecule has 31 heavy (non-hydrogen) atoms. The van der Waals surface area contributed by atoms with Crippen LogP contribution in [-0.2, 0) is 11.2 Å². The molecular formula is C24H22N2O4S. The first-order valence-corrected chi connectivity index (χ1v) is 10.8. The number of Topliss-reactive ketones (excluding diaryl/α,β-unsaturated/α-hetero) is 1. The topological polar surface area (TPSA) is 90.7 Å². The fraction of sp³-hybridized carbons (Fsp3) is 0.208. The highest BCUT2D eigenvalue weighted by Gasteiger charge is 2.45. The van der Waals surface area contributed by atoms with E-state index in [2.05, 4.69) is 4.98 Å². The quantitative estimate of drug-likeness (QED) is 0.563. The highest BCUT2D eigenvalue weighted by molar-refractivity contribution is 7.14. The van der Waals surface area contributed by atoms with Gasteiger partial charge in [-0.15, -0.1) is 11.3 Å². The van der Waals surface area contributed by atoms with Crippen LogP contribution in [0.4, 0.5) is 5.69 Å². The number of aromatic hydroxyl groups is 1. The average molecular weight is 435 g/mol. The molecule has 7 heteroatoms. The zero-order chi connectivity index (χ0) is 22.3. The van der Waals surface area contributed by atoms with Crippen LogP contribution in [-0.4, -0.2) is 26.9 Å². The van der Waals surface area contributed by atoms with E-state index in [1.165, 1.54) is 28.4 Å². The number of ketones is 1. The van der Waals surface area contributed by atoms with E-state index in [1.807, 2.05) is 38.1 Å². The van der Waals surface area contributed by atoms with E-state index in [-0.39, 0.29) is 11.3 Å². The number of nitrogens with zero attached hydrogens (tertiary/aromatic N) is 2. The summed E-state index contributed by atoms with van der Waals surface area (Å²) < 4.78 is 0. The predicted octanol–water partition coefficient (Wildman–Crippen LogP) is 4.81. The molecule has 1 aliphatic rings. The van der Waals surface area contributed by atoms with Crippen LogP contribution >= 0.6 is 11.3 Å². The van der Waals surface area contributed by atoms with Crippen molar-refractivity contribution in [3.63, 3.8) is 0 Å². The summed E-state index contributed by atoms with van der Waals surface area (Å²) in [4.78, 5) is 32.8. The minimum atomic E-state index is -0.824. The Morgan fingerprint density at radius 3 is 2.26 bits per heavy atom. The number of phenolic OH excluding ortho intramolecular Hbond substituents is 1. The number of phenols is 1. The monoisotopic (exact) mass is 434 g/mol. The molecule has 4 rings (SSSR count). The van der Waals surface area contributed by atoms with Gasteiger partial charge in [-0.2, -0.15) is 0 Å². The Morgan fingerprint density at radius 1 is 1.06 bits per heavy atom. The Kier molecular flexibility index (Phi) is 5.37. The number of aromatic nitrogens is 1. The average Bonchev–Trinajstić information content (AvgIpc) is 3.24. The van der Waals surface area contributed by atoms with Gasteiger partial charge in [0.1, 0.15) is 5.75 Å². The van der Waals surface area contributed by atoms with Crippen molar-refractivity contribution in [3.8, 4) is 5.75 Å². The van der Waals surface area contributed by atoms with Gasteiger partial charge in [0.2, 0.25) is 5.78 Å². The summed E-state index contributed by atoms with van der Waals surface area (Å²) in [5.41, 5.74) is 2.88. The van der Waals surface area contributed by atoms with Crippen molar-refractivity contribution < 1.29 is 19.8 Å². The van der Waals surface area contributed by atoms with Gasteiger partial charge >= 0.3 is 0 Å². The summed E-state index contributed by atoms with van der Waals surface area (Å²) in [7, 11) is 0. The smallest absolute Gasteiger partial charge is 0.294 e. The van der Waals surface area contributed by atoms with Crippen molar-refractivity contribution in [1.82, 2.24) is 4.98 Å². The molecule has 1 atom stereocenters. The van der Waals surface area contributed by atoms with Gasteiger partial charge in [-0.25, -0.2) is 4.98 Å². The summed E-state index contributed by atoms with van der Waals surface area (Å²) in [6.45, 7) is 5.59. The van der Waals surface area contributed by atoms with Gasteiger partial charge < -0.3 is 10.2 Å². The van der Waals surface area contributed by atoms with Crippen LogP contribution in [0, 0.1) is 13.8 Å². The van der Waals surface area contributed by atoms with Crippen LogP contribution in [0.2, 0.25) is 0 Å². The molecule has 0 fully saturated rings. The Labute approximate surface area is 184 Å². The lowest BCUT2D eigenvalue weighted by Crippen LogP contribution is -2.31. The summed E-state index contributed by atoms with van der Waals surface area (Å²) in [5, 5.41) is 21.3. The van der Waals surface area contributed by atoms with Crippen molar-refractivity contribution in [2.45, 2.75) is 33.2 Å². The molecule has 1 unspecified atom stereocenters. The maximum absolute atomic E-state index is 13.5. The minimum absolute atomic E-state index is 0.0157. The van der Waals surface area contributed by atoms with Gasteiger partial charge in [0, 0.05) is 5.69 Å². The number of anilines is 1. The first kappa shape index (κ1) is 20.8. The first-order valence-electron chi connectivity index (χ1n) is 9.95. The molecule has 0 saturated heterocycles. The number of rotatable bonds is 5. The third-order valence-corrected chi connectivity index (χ3v) is 6.47. The van der Waals surface area contributed by atoms with E-state index < -0.39 is 23.5 Å². The van der Waals surface area contributed by atoms with Crippen LogP contribution in [0.5, 0.6) is 5.75 Å². The van der Waals surface area contributed by atoms with E-state index in [1.54, 1.807) is 19.1 Å². The molecule has 1 aromatic heterocycles. The molecule has 0 bridgehead atoms. The molecular weight excluding hydrogens is 412 g/mol. The number of aliphatic hydroxyl groups is 1. The lowest BCUT2D eigenvalue weighted by Gasteiger charge is -2.27. The molecule has 0 radical (unpaired) electrons. The molecule has 0 saturated carbocycles. The molecule has 2 aromatic carbocycles. The lowest BCUT2D eigenvalue weighted by atomic mass is 9.94. The Bertz CT molecular complexity index is 1190. The van der Waals surface area contributed by atoms with E-state index in [4.69, 9.17) is 0 Å².